The molecule has 0 spiro atoms. The van der Waals surface area contributed by atoms with E-state index in [4.69, 9.17) is 0 Å². The summed E-state index contributed by atoms with van der Waals surface area (Å²) in [5, 5.41) is 3.01. The fourth-order valence-corrected chi connectivity index (χ4v) is 3.05. The number of hydrogen-bond acceptors (Lipinski definition) is 1. The van der Waals surface area contributed by atoms with Crippen LogP contribution in [-0.2, 0) is 6.54 Å². The first-order valence-corrected chi connectivity index (χ1v) is 6.41. The predicted molar refractivity (Wildman–Crippen MR) is 66.5 cm³/mol. The highest BCUT2D eigenvalue weighted by Crippen LogP contribution is 2.37. The maximum absolute atomic E-state index is 12.0. The third-order valence-corrected chi connectivity index (χ3v) is 3.96. The standard InChI is InChI=1S/C14H18N2O/c17-14(15-9-11-4-2-1-3-5-11)16-10-12-6-7-13(16)8-12/h1-5,12-13H,6-10H2,(H,15,17). The molecule has 1 saturated carbocycles. The minimum absolute atomic E-state index is 0.112. The van der Waals surface area contributed by atoms with E-state index in [2.05, 4.69) is 5.32 Å². The first-order valence-electron chi connectivity index (χ1n) is 6.41. The summed E-state index contributed by atoms with van der Waals surface area (Å²) < 4.78 is 0. The van der Waals surface area contributed by atoms with Gasteiger partial charge in [-0.2, -0.15) is 0 Å². The summed E-state index contributed by atoms with van der Waals surface area (Å²) in [5.74, 6) is 0.766. The van der Waals surface area contributed by atoms with Crippen LogP contribution in [0.1, 0.15) is 24.8 Å². The molecule has 1 heterocycles. The lowest BCUT2D eigenvalue weighted by molar-refractivity contribution is 0.180. The molecule has 2 bridgehead atoms. The number of amides is 2. The second-order valence-electron chi connectivity index (χ2n) is 5.13. The number of likely N-dealkylation sites (tertiary alicyclic amines) is 1. The van der Waals surface area contributed by atoms with E-state index in [0.717, 1.165) is 18.0 Å². The largest absolute Gasteiger partial charge is 0.334 e. The zero-order chi connectivity index (χ0) is 11.7. The van der Waals surface area contributed by atoms with Gasteiger partial charge in [0.2, 0.25) is 0 Å². The van der Waals surface area contributed by atoms with Crippen LogP contribution in [0, 0.1) is 5.92 Å². The van der Waals surface area contributed by atoms with Crippen LogP contribution in [0.2, 0.25) is 0 Å². The number of benzene rings is 1. The summed E-state index contributed by atoms with van der Waals surface area (Å²) in [5.41, 5.74) is 1.16. The smallest absolute Gasteiger partial charge is 0.317 e. The molecule has 1 aliphatic heterocycles. The molecule has 0 aromatic heterocycles. The lowest BCUT2D eigenvalue weighted by Gasteiger charge is -2.27. The van der Waals surface area contributed by atoms with Gasteiger partial charge >= 0.3 is 6.03 Å². The maximum atomic E-state index is 12.0. The predicted octanol–water partition coefficient (Wildman–Crippen LogP) is 2.38. The van der Waals surface area contributed by atoms with E-state index in [1.165, 1.54) is 19.3 Å². The van der Waals surface area contributed by atoms with E-state index >= 15 is 0 Å². The number of nitrogens with one attached hydrogen (secondary N) is 1. The van der Waals surface area contributed by atoms with Gasteiger partial charge in [-0.15, -0.1) is 0 Å². The zero-order valence-electron chi connectivity index (χ0n) is 9.93. The summed E-state index contributed by atoms with van der Waals surface area (Å²) in [4.78, 5) is 14.0. The topological polar surface area (TPSA) is 32.3 Å². The van der Waals surface area contributed by atoms with Crippen LogP contribution in [0.3, 0.4) is 0 Å². The van der Waals surface area contributed by atoms with Gasteiger partial charge < -0.3 is 10.2 Å². The van der Waals surface area contributed by atoms with E-state index in [1.807, 2.05) is 35.2 Å². The van der Waals surface area contributed by atoms with Gasteiger partial charge in [0.25, 0.3) is 0 Å². The Balaban J connectivity index is 1.54. The normalized spacial score (nSPS) is 26.2. The van der Waals surface area contributed by atoms with Crippen molar-refractivity contribution in [3.63, 3.8) is 0 Å². The molecule has 1 aromatic rings. The molecule has 3 rings (SSSR count). The lowest BCUT2D eigenvalue weighted by atomic mass is 10.1. The number of carbonyl (C=O) groups excluding carboxylic acids is 1. The van der Waals surface area contributed by atoms with Gasteiger partial charge in [-0.05, 0) is 30.7 Å². The number of piperidine rings is 1. The number of urea groups is 1. The van der Waals surface area contributed by atoms with Crippen molar-refractivity contribution in [2.75, 3.05) is 6.54 Å². The lowest BCUT2D eigenvalue weighted by Crippen LogP contribution is -2.43. The molecule has 17 heavy (non-hydrogen) atoms. The first-order chi connectivity index (χ1) is 8.33. The van der Waals surface area contributed by atoms with E-state index < -0.39 is 0 Å². The summed E-state index contributed by atoms with van der Waals surface area (Å²) in [6.07, 6.45) is 3.73. The van der Waals surface area contributed by atoms with Gasteiger partial charge in [0.05, 0.1) is 0 Å². The first kappa shape index (κ1) is 10.6. The van der Waals surface area contributed by atoms with Crippen LogP contribution in [0.15, 0.2) is 30.3 Å². The van der Waals surface area contributed by atoms with E-state index in [0.29, 0.717) is 12.6 Å². The van der Waals surface area contributed by atoms with Gasteiger partial charge in [-0.1, -0.05) is 30.3 Å². The molecule has 2 fully saturated rings. The fraction of sp³-hybridized carbons (Fsp3) is 0.500. The van der Waals surface area contributed by atoms with Crippen molar-refractivity contribution in [3.05, 3.63) is 35.9 Å². The van der Waals surface area contributed by atoms with Crippen LogP contribution in [0.5, 0.6) is 0 Å². The molecule has 3 heteroatoms. The van der Waals surface area contributed by atoms with Gasteiger partial charge in [0.15, 0.2) is 0 Å². The minimum Gasteiger partial charge on any atom is -0.334 e. The number of fused-ring (bicyclic) bond motifs is 2. The van der Waals surface area contributed by atoms with Crippen LogP contribution < -0.4 is 5.32 Å². The summed E-state index contributed by atoms with van der Waals surface area (Å²) in [6.45, 7) is 1.60. The number of nitrogens with zero attached hydrogens (tertiary/aromatic N) is 1. The van der Waals surface area contributed by atoms with E-state index in [9.17, 15) is 4.79 Å². The zero-order valence-corrected chi connectivity index (χ0v) is 9.93. The second kappa shape index (κ2) is 4.40. The SMILES string of the molecule is O=C(NCc1ccccc1)N1CC2CCC1C2. The Bertz CT molecular complexity index is 404. The van der Waals surface area contributed by atoms with E-state index in [-0.39, 0.29) is 6.03 Å². The summed E-state index contributed by atoms with van der Waals surface area (Å²) >= 11 is 0. The summed E-state index contributed by atoms with van der Waals surface area (Å²) in [7, 11) is 0. The average molecular weight is 230 g/mol. The van der Waals surface area contributed by atoms with Crippen molar-refractivity contribution >= 4 is 6.03 Å². The van der Waals surface area contributed by atoms with Crippen LogP contribution >= 0.6 is 0 Å². The van der Waals surface area contributed by atoms with Gasteiger partial charge in [0.1, 0.15) is 0 Å². The molecule has 2 aliphatic rings. The van der Waals surface area contributed by atoms with Gasteiger partial charge in [-0.3, -0.25) is 0 Å². The van der Waals surface area contributed by atoms with Crippen molar-refractivity contribution in [3.8, 4) is 0 Å². The van der Waals surface area contributed by atoms with E-state index in [1.54, 1.807) is 0 Å². The minimum atomic E-state index is 0.112. The highest BCUT2D eigenvalue weighted by atomic mass is 16.2. The molecule has 2 amide bonds. The average Bonchev–Trinajstić information content (AvgIpc) is 2.99. The molecule has 1 saturated heterocycles. The maximum Gasteiger partial charge on any atom is 0.317 e. The Morgan fingerprint density at radius 2 is 2.12 bits per heavy atom. The molecule has 1 aromatic carbocycles. The Morgan fingerprint density at radius 1 is 1.29 bits per heavy atom. The molecule has 3 nitrogen and oxygen atoms in total. The highest BCUT2D eigenvalue weighted by molar-refractivity contribution is 5.75. The summed E-state index contributed by atoms with van der Waals surface area (Å²) in [6, 6.07) is 10.7. The van der Waals surface area contributed by atoms with Crippen LogP contribution in [-0.4, -0.2) is 23.5 Å². The molecule has 2 atom stereocenters. The molecule has 1 aliphatic carbocycles. The van der Waals surface area contributed by atoms with Gasteiger partial charge in [0, 0.05) is 19.1 Å². The van der Waals surface area contributed by atoms with Crippen LogP contribution in [0.4, 0.5) is 4.79 Å². The highest BCUT2D eigenvalue weighted by Gasteiger charge is 2.40. The second-order valence-corrected chi connectivity index (χ2v) is 5.13. The van der Waals surface area contributed by atoms with Crippen molar-refractivity contribution in [2.45, 2.75) is 31.8 Å². The van der Waals surface area contributed by atoms with Crippen molar-refractivity contribution in [1.29, 1.82) is 0 Å². The molecule has 0 radical (unpaired) electrons. The van der Waals surface area contributed by atoms with Crippen molar-refractivity contribution < 1.29 is 4.79 Å². The molecular formula is C14H18N2O. The quantitative estimate of drug-likeness (QED) is 0.831. The van der Waals surface area contributed by atoms with Crippen molar-refractivity contribution in [2.24, 2.45) is 5.92 Å². The number of hydrogen-bond donors (Lipinski definition) is 1. The van der Waals surface area contributed by atoms with Gasteiger partial charge in [-0.25, -0.2) is 4.79 Å². The Morgan fingerprint density at radius 3 is 2.76 bits per heavy atom. The Hall–Kier alpha value is -1.51. The third kappa shape index (κ3) is 2.14. The molecule has 90 valence electrons. The number of rotatable bonds is 2. The fourth-order valence-electron chi connectivity index (χ4n) is 3.05. The Kier molecular flexibility index (Phi) is 2.75. The number of carbonyl (C=O) groups is 1. The van der Waals surface area contributed by atoms with Crippen LogP contribution in [0.25, 0.3) is 0 Å². The molecule has 1 N–H and O–H groups in total. The molecular weight excluding hydrogens is 212 g/mol. The Labute approximate surface area is 102 Å². The molecule has 2 unspecified atom stereocenters. The third-order valence-electron chi connectivity index (χ3n) is 3.96. The van der Waals surface area contributed by atoms with Crippen molar-refractivity contribution in [1.82, 2.24) is 10.2 Å². The monoisotopic (exact) mass is 230 g/mol.